The molecule has 5 heteroatoms. The molecule has 0 aliphatic rings. The van der Waals surface area contributed by atoms with Crippen molar-refractivity contribution in [2.24, 2.45) is 0 Å². The van der Waals surface area contributed by atoms with E-state index in [0.29, 0.717) is 22.3 Å². The molecule has 2 N–H and O–H groups in total. The van der Waals surface area contributed by atoms with Crippen LogP contribution in [0, 0.1) is 12.3 Å². The van der Waals surface area contributed by atoms with Crippen molar-refractivity contribution in [1.29, 1.82) is 0 Å². The molecule has 1 unspecified atom stereocenters. The SMILES string of the molecule is C#CC(n1ncnc1C(O)(c1ccccc1)c1ccccc1)C(O)(c1ccccc1)c1ccccc1. The van der Waals surface area contributed by atoms with Gasteiger partial charge in [0.1, 0.15) is 11.9 Å². The van der Waals surface area contributed by atoms with Gasteiger partial charge in [0, 0.05) is 0 Å². The predicted octanol–water partition coefficient (Wildman–Crippen LogP) is 4.67. The molecule has 5 aromatic rings. The zero-order valence-electron chi connectivity index (χ0n) is 19.5. The average Bonchev–Trinajstić information content (AvgIpc) is 3.45. The van der Waals surface area contributed by atoms with Crippen molar-refractivity contribution in [3.8, 4) is 12.3 Å². The molecule has 5 rings (SSSR count). The van der Waals surface area contributed by atoms with Crippen LogP contribution in [0.15, 0.2) is 128 Å². The van der Waals surface area contributed by atoms with E-state index in [2.05, 4.69) is 16.0 Å². The third kappa shape index (κ3) is 3.79. The highest BCUT2D eigenvalue weighted by Gasteiger charge is 2.46. The van der Waals surface area contributed by atoms with Crippen LogP contribution in [0.1, 0.15) is 34.1 Å². The standard InChI is InChI=1S/C31H25N3O2/c1-2-28(30(35,24-15-7-3-8-16-24)25-17-9-4-10-18-25)34-29(32-23-33-34)31(36,26-19-11-5-12-20-26)27-21-13-6-14-22-27/h1,3-23,28,35-36H. The molecule has 36 heavy (non-hydrogen) atoms. The maximum Gasteiger partial charge on any atom is 0.174 e. The van der Waals surface area contributed by atoms with Crippen molar-refractivity contribution in [1.82, 2.24) is 14.8 Å². The van der Waals surface area contributed by atoms with Crippen LogP contribution in [0.4, 0.5) is 0 Å². The molecule has 0 bridgehead atoms. The van der Waals surface area contributed by atoms with Gasteiger partial charge >= 0.3 is 0 Å². The number of aliphatic hydroxyl groups is 2. The Kier molecular flexibility index (Phi) is 6.22. The number of terminal acetylenes is 1. The molecular formula is C31H25N3O2. The molecule has 4 aromatic carbocycles. The minimum Gasteiger partial charge on any atom is -0.377 e. The van der Waals surface area contributed by atoms with Gasteiger partial charge in [0.2, 0.25) is 0 Å². The van der Waals surface area contributed by atoms with Crippen LogP contribution >= 0.6 is 0 Å². The van der Waals surface area contributed by atoms with Gasteiger partial charge in [-0.05, 0) is 22.3 Å². The fraction of sp³-hybridized carbons (Fsp3) is 0.0968. The summed E-state index contributed by atoms with van der Waals surface area (Å²) in [4.78, 5) is 4.51. The van der Waals surface area contributed by atoms with Gasteiger partial charge in [0.25, 0.3) is 0 Å². The molecule has 0 aliphatic carbocycles. The summed E-state index contributed by atoms with van der Waals surface area (Å²) < 4.78 is 1.46. The second-order valence-electron chi connectivity index (χ2n) is 8.54. The van der Waals surface area contributed by atoms with Gasteiger partial charge < -0.3 is 10.2 Å². The van der Waals surface area contributed by atoms with Crippen LogP contribution in [-0.2, 0) is 11.2 Å². The van der Waals surface area contributed by atoms with E-state index in [-0.39, 0.29) is 5.82 Å². The van der Waals surface area contributed by atoms with Crippen LogP contribution < -0.4 is 0 Å². The summed E-state index contributed by atoms with van der Waals surface area (Å²) in [5.74, 6) is 2.96. The summed E-state index contributed by atoms with van der Waals surface area (Å²) in [7, 11) is 0. The van der Waals surface area contributed by atoms with Gasteiger partial charge in [-0.3, -0.25) is 0 Å². The summed E-state index contributed by atoms with van der Waals surface area (Å²) in [6, 6.07) is 35.9. The summed E-state index contributed by atoms with van der Waals surface area (Å²) >= 11 is 0. The van der Waals surface area contributed by atoms with E-state index in [9.17, 15) is 10.2 Å². The fourth-order valence-corrected chi connectivity index (χ4v) is 4.72. The predicted molar refractivity (Wildman–Crippen MR) is 139 cm³/mol. The van der Waals surface area contributed by atoms with Crippen molar-refractivity contribution in [2.45, 2.75) is 17.2 Å². The van der Waals surface area contributed by atoms with Crippen LogP contribution in [0.25, 0.3) is 0 Å². The molecule has 0 saturated heterocycles. The van der Waals surface area contributed by atoms with Gasteiger partial charge in [0.15, 0.2) is 17.5 Å². The number of hydrogen-bond acceptors (Lipinski definition) is 4. The van der Waals surface area contributed by atoms with E-state index < -0.39 is 17.2 Å². The monoisotopic (exact) mass is 471 g/mol. The Hall–Kier alpha value is -4.50. The van der Waals surface area contributed by atoms with Crippen molar-refractivity contribution >= 4 is 0 Å². The fourth-order valence-electron chi connectivity index (χ4n) is 4.72. The van der Waals surface area contributed by atoms with Crippen molar-refractivity contribution in [3.63, 3.8) is 0 Å². The number of rotatable bonds is 7. The third-order valence-electron chi connectivity index (χ3n) is 6.51. The second-order valence-corrected chi connectivity index (χ2v) is 8.54. The highest BCUT2D eigenvalue weighted by atomic mass is 16.3. The Morgan fingerprint density at radius 3 is 1.42 bits per heavy atom. The first-order valence-corrected chi connectivity index (χ1v) is 11.6. The molecule has 1 atom stereocenters. The van der Waals surface area contributed by atoms with E-state index in [4.69, 9.17) is 6.42 Å². The zero-order valence-corrected chi connectivity index (χ0v) is 19.5. The second kappa shape index (κ2) is 9.63. The van der Waals surface area contributed by atoms with Crippen LogP contribution in [0.3, 0.4) is 0 Å². The normalized spacial score (nSPS) is 12.6. The Balaban J connectivity index is 1.76. The first-order chi connectivity index (χ1) is 17.6. The molecule has 0 aliphatic heterocycles. The highest BCUT2D eigenvalue weighted by Crippen LogP contribution is 2.42. The smallest absolute Gasteiger partial charge is 0.174 e. The molecule has 0 radical (unpaired) electrons. The zero-order chi connectivity index (χ0) is 25.0. The van der Waals surface area contributed by atoms with E-state index in [1.807, 2.05) is 121 Å². The Labute approximate surface area is 210 Å². The Morgan fingerprint density at radius 1 is 0.639 bits per heavy atom. The Morgan fingerprint density at radius 2 is 1.03 bits per heavy atom. The summed E-state index contributed by atoms with van der Waals surface area (Å²) in [5.41, 5.74) is -0.934. The van der Waals surface area contributed by atoms with E-state index in [0.717, 1.165) is 0 Å². The topological polar surface area (TPSA) is 71.2 Å². The lowest BCUT2D eigenvalue weighted by Crippen LogP contribution is -2.41. The minimum absolute atomic E-state index is 0.202. The largest absolute Gasteiger partial charge is 0.377 e. The molecule has 0 spiro atoms. The van der Waals surface area contributed by atoms with E-state index in [1.54, 1.807) is 0 Å². The lowest BCUT2D eigenvalue weighted by Gasteiger charge is -2.37. The minimum atomic E-state index is -1.68. The maximum atomic E-state index is 12.4. The summed E-state index contributed by atoms with van der Waals surface area (Å²) in [5, 5.41) is 29.2. The van der Waals surface area contributed by atoms with Crippen molar-refractivity contribution in [3.05, 3.63) is 156 Å². The lowest BCUT2D eigenvalue weighted by atomic mass is 9.79. The van der Waals surface area contributed by atoms with Gasteiger partial charge in [-0.25, -0.2) is 9.67 Å². The Bertz CT molecular complexity index is 1380. The van der Waals surface area contributed by atoms with Gasteiger partial charge in [-0.1, -0.05) is 127 Å². The summed E-state index contributed by atoms with van der Waals surface area (Å²) in [6.45, 7) is 0. The first-order valence-electron chi connectivity index (χ1n) is 11.6. The molecule has 0 amide bonds. The lowest BCUT2D eigenvalue weighted by molar-refractivity contribution is 0.0315. The third-order valence-corrected chi connectivity index (χ3v) is 6.51. The molecule has 1 aromatic heterocycles. The molecule has 1 heterocycles. The highest BCUT2D eigenvalue weighted by molar-refractivity contribution is 5.45. The maximum absolute atomic E-state index is 12.4. The van der Waals surface area contributed by atoms with Gasteiger partial charge in [0.05, 0.1) is 0 Å². The van der Waals surface area contributed by atoms with E-state index >= 15 is 0 Å². The van der Waals surface area contributed by atoms with Crippen LogP contribution in [0.2, 0.25) is 0 Å². The number of hydrogen-bond donors (Lipinski definition) is 2. The summed E-state index contributed by atoms with van der Waals surface area (Å²) in [6.07, 6.45) is 7.49. The molecule has 0 saturated carbocycles. The van der Waals surface area contributed by atoms with Gasteiger partial charge in [-0.15, -0.1) is 6.42 Å². The first kappa shape index (κ1) is 23.3. The van der Waals surface area contributed by atoms with Crippen LogP contribution in [0.5, 0.6) is 0 Å². The quantitative estimate of drug-likeness (QED) is 0.339. The van der Waals surface area contributed by atoms with Gasteiger partial charge in [-0.2, -0.15) is 5.10 Å². The number of nitrogens with zero attached hydrogens (tertiary/aromatic N) is 3. The van der Waals surface area contributed by atoms with Crippen LogP contribution in [-0.4, -0.2) is 25.0 Å². The molecule has 0 fully saturated rings. The number of benzene rings is 4. The van der Waals surface area contributed by atoms with E-state index in [1.165, 1.54) is 11.0 Å². The molecule has 5 nitrogen and oxygen atoms in total. The molecular weight excluding hydrogens is 446 g/mol. The average molecular weight is 472 g/mol. The van der Waals surface area contributed by atoms with Crippen molar-refractivity contribution in [2.75, 3.05) is 0 Å². The molecule has 176 valence electrons. The number of aromatic nitrogens is 3. The van der Waals surface area contributed by atoms with Crippen molar-refractivity contribution < 1.29 is 10.2 Å².